The van der Waals surface area contributed by atoms with Crippen LogP contribution in [0.4, 0.5) is 5.69 Å². The van der Waals surface area contributed by atoms with Crippen LogP contribution in [0, 0.1) is 0 Å². The number of carbonyl (C=O) groups excluding carboxylic acids is 2. The van der Waals surface area contributed by atoms with Crippen molar-refractivity contribution in [1.29, 1.82) is 0 Å². The smallest absolute Gasteiger partial charge is 0.331 e. The summed E-state index contributed by atoms with van der Waals surface area (Å²) in [5, 5.41) is 0.00567. The molecular weight excluding hydrogens is 460 g/mol. The average Bonchev–Trinajstić information content (AvgIpc) is 3.35. The maximum atomic E-state index is 13.1. The van der Waals surface area contributed by atoms with Gasteiger partial charge in [-0.15, -0.1) is 0 Å². The van der Waals surface area contributed by atoms with Gasteiger partial charge in [-0.2, -0.15) is 0 Å². The lowest BCUT2D eigenvalue weighted by Gasteiger charge is -2.17. The normalized spacial score (nSPS) is 13.9. The van der Waals surface area contributed by atoms with Crippen molar-refractivity contribution in [2.45, 2.75) is 31.2 Å². The molecule has 0 spiro atoms. The first kappa shape index (κ1) is 23.4. The zero-order valence-electron chi connectivity index (χ0n) is 18.8. The zero-order valence-corrected chi connectivity index (χ0v) is 19.6. The molecule has 1 N–H and O–H groups in total. The van der Waals surface area contributed by atoms with Crippen molar-refractivity contribution in [2.24, 2.45) is 7.05 Å². The SMILES string of the molecule is CC(=O)c1ccc(NS(=O)(=O)c2ccc3c(c2)c(=O)n(CC(=O)N2CCCC2)c(=O)n3C)cc1. The van der Waals surface area contributed by atoms with Gasteiger partial charge in [-0.05, 0) is 62.2 Å². The molecule has 1 aliphatic heterocycles. The number of likely N-dealkylation sites (tertiary alicyclic amines) is 1. The Balaban J connectivity index is 1.72. The molecule has 1 amide bonds. The van der Waals surface area contributed by atoms with Crippen LogP contribution in [0.2, 0.25) is 0 Å². The molecule has 2 heterocycles. The number of hydrogen-bond acceptors (Lipinski definition) is 6. The Morgan fingerprint density at radius 1 is 1.00 bits per heavy atom. The maximum absolute atomic E-state index is 13.1. The molecule has 11 heteroatoms. The van der Waals surface area contributed by atoms with Gasteiger partial charge >= 0.3 is 5.69 Å². The topological polar surface area (TPSA) is 128 Å². The van der Waals surface area contributed by atoms with Gasteiger partial charge in [0.05, 0.1) is 15.8 Å². The molecule has 1 fully saturated rings. The van der Waals surface area contributed by atoms with E-state index in [0.29, 0.717) is 18.7 Å². The Morgan fingerprint density at radius 3 is 2.26 bits per heavy atom. The monoisotopic (exact) mass is 484 g/mol. The van der Waals surface area contributed by atoms with Crippen molar-refractivity contribution in [3.8, 4) is 0 Å². The van der Waals surface area contributed by atoms with E-state index in [4.69, 9.17) is 0 Å². The number of Topliss-reactive ketones (excluding diaryl/α,β-unsaturated/α-hetero) is 1. The van der Waals surface area contributed by atoms with Crippen LogP contribution in [-0.2, 0) is 28.4 Å². The second-order valence-corrected chi connectivity index (χ2v) is 9.92. The fourth-order valence-electron chi connectivity index (χ4n) is 3.99. The molecule has 0 saturated carbocycles. The van der Waals surface area contributed by atoms with Crippen molar-refractivity contribution in [2.75, 3.05) is 17.8 Å². The molecule has 1 aliphatic rings. The number of fused-ring (bicyclic) bond motifs is 1. The minimum Gasteiger partial charge on any atom is -0.341 e. The van der Waals surface area contributed by atoms with E-state index in [-0.39, 0.29) is 33.2 Å². The van der Waals surface area contributed by atoms with Crippen LogP contribution < -0.4 is 16.0 Å². The van der Waals surface area contributed by atoms with Gasteiger partial charge in [-0.1, -0.05) is 0 Å². The summed E-state index contributed by atoms with van der Waals surface area (Å²) in [6, 6.07) is 9.83. The molecule has 1 aromatic heterocycles. The summed E-state index contributed by atoms with van der Waals surface area (Å²) in [7, 11) is -2.61. The quantitative estimate of drug-likeness (QED) is 0.526. The number of nitrogens with one attached hydrogen (secondary N) is 1. The molecule has 0 aliphatic carbocycles. The Hall–Kier alpha value is -3.73. The third-order valence-electron chi connectivity index (χ3n) is 5.93. The molecule has 3 aromatic rings. The summed E-state index contributed by atoms with van der Waals surface area (Å²) in [4.78, 5) is 51.3. The molecule has 178 valence electrons. The Labute approximate surface area is 195 Å². The van der Waals surface area contributed by atoms with Crippen LogP contribution in [-0.4, -0.2) is 47.2 Å². The number of ketones is 1. The second kappa shape index (κ2) is 8.90. The van der Waals surface area contributed by atoms with Crippen molar-refractivity contribution < 1.29 is 18.0 Å². The first-order valence-electron chi connectivity index (χ1n) is 10.7. The number of aromatic nitrogens is 2. The largest absolute Gasteiger partial charge is 0.341 e. The van der Waals surface area contributed by atoms with E-state index in [1.54, 1.807) is 4.90 Å². The number of benzene rings is 2. The summed E-state index contributed by atoms with van der Waals surface area (Å²) in [6.45, 7) is 2.18. The number of aryl methyl sites for hydroxylation is 1. The van der Waals surface area contributed by atoms with Crippen LogP contribution in [0.5, 0.6) is 0 Å². The van der Waals surface area contributed by atoms with Crippen LogP contribution in [0.15, 0.2) is 56.9 Å². The highest BCUT2D eigenvalue weighted by Crippen LogP contribution is 2.20. The highest BCUT2D eigenvalue weighted by atomic mass is 32.2. The number of nitrogens with zero attached hydrogens (tertiary/aromatic N) is 3. The lowest BCUT2D eigenvalue weighted by Crippen LogP contribution is -2.43. The molecule has 0 bridgehead atoms. The summed E-state index contributed by atoms with van der Waals surface area (Å²) in [6.07, 6.45) is 1.75. The first-order valence-corrected chi connectivity index (χ1v) is 12.2. The number of carbonyl (C=O) groups is 2. The Morgan fingerprint density at radius 2 is 1.65 bits per heavy atom. The standard InChI is InChI=1S/C23H24N4O6S/c1-15(28)16-5-7-17(8-6-16)24-34(32,33)18-9-10-20-19(13-18)22(30)27(23(31)25(20)2)14-21(29)26-11-3-4-12-26/h5-10,13,24H,3-4,11-12,14H2,1-2H3. The predicted octanol–water partition coefficient (Wildman–Crippen LogP) is 1.33. The molecule has 2 aromatic carbocycles. The van der Waals surface area contributed by atoms with E-state index < -0.39 is 27.8 Å². The molecular formula is C23H24N4O6S. The van der Waals surface area contributed by atoms with Gasteiger partial charge in [0.15, 0.2) is 5.78 Å². The number of sulfonamides is 1. The van der Waals surface area contributed by atoms with Gasteiger partial charge in [0.25, 0.3) is 15.6 Å². The Bertz CT molecular complexity index is 1510. The Kier molecular flexibility index (Phi) is 6.13. The molecule has 0 unspecified atom stereocenters. The van der Waals surface area contributed by atoms with E-state index in [1.165, 1.54) is 61.0 Å². The van der Waals surface area contributed by atoms with E-state index in [9.17, 15) is 27.6 Å². The summed E-state index contributed by atoms with van der Waals surface area (Å²) in [5.74, 6) is -0.468. The van der Waals surface area contributed by atoms with Gasteiger partial charge < -0.3 is 4.90 Å². The molecule has 0 radical (unpaired) electrons. The maximum Gasteiger partial charge on any atom is 0.331 e. The van der Waals surface area contributed by atoms with Crippen molar-refractivity contribution >= 4 is 38.3 Å². The van der Waals surface area contributed by atoms with Crippen molar-refractivity contribution in [3.05, 3.63) is 68.9 Å². The molecule has 1 saturated heterocycles. The first-order chi connectivity index (χ1) is 16.1. The zero-order chi connectivity index (χ0) is 24.6. The summed E-state index contributed by atoms with van der Waals surface area (Å²) < 4.78 is 30.4. The molecule has 4 rings (SSSR count). The van der Waals surface area contributed by atoms with E-state index >= 15 is 0 Å². The predicted molar refractivity (Wildman–Crippen MR) is 127 cm³/mol. The third kappa shape index (κ3) is 4.38. The van der Waals surface area contributed by atoms with Crippen LogP contribution >= 0.6 is 0 Å². The van der Waals surface area contributed by atoms with Crippen molar-refractivity contribution in [1.82, 2.24) is 14.0 Å². The average molecular weight is 485 g/mol. The summed E-state index contributed by atoms with van der Waals surface area (Å²) in [5.41, 5.74) is -0.430. The lowest BCUT2D eigenvalue weighted by molar-refractivity contribution is -0.130. The van der Waals surface area contributed by atoms with Crippen LogP contribution in [0.25, 0.3) is 10.9 Å². The van der Waals surface area contributed by atoms with E-state index in [2.05, 4.69) is 4.72 Å². The molecule has 10 nitrogen and oxygen atoms in total. The van der Waals surface area contributed by atoms with Crippen LogP contribution in [0.3, 0.4) is 0 Å². The van der Waals surface area contributed by atoms with Gasteiger partial charge in [0, 0.05) is 31.4 Å². The second-order valence-electron chi connectivity index (χ2n) is 8.24. The number of anilines is 1. The number of amides is 1. The number of rotatable bonds is 6. The van der Waals surface area contributed by atoms with Crippen molar-refractivity contribution in [3.63, 3.8) is 0 Å². The van der Waals surface area contributed by atoms with Gasteiger partial charge in [0.1, 0.15) is 6.54 Å². The highest BCUT2D eigenvalue weighted by Gasteiger charge is 2.22. The van der Waals surface area contributed by atoms with Crippen LogP contribution in [0.1, 0.15) is 30.1 Å². The summed E-state index contributed by atoms with van der Waals surface area (Å²) >= 11 is 0. The molecule has 34 heavy (non-hydrogen) atoms. The van der Waals surface area contributed by atoms with Gasteiger partial charge in [-0.25, -0.2) is 13.2 Å². The molecule has 0 atom stereocenters. The fraction of sp³-hybridized carbons (Fsp3) is 0.304. The van der Waals surface area contributed by atoms with Gasteiger partial charge in [-0.3, -0.25) is 28.2 Å². The minimum atomic E-state index is -4.07. The lowest BCUT2D eigenvalue weighted by atomic mass is 10.1. The van der Waals surface area contributed by atoms with E-state index in [1.807, 2.05) is 0 Å². The third-order valence-corrected chi connectivity index (χ3v) is 7.31. The number of hydrogen-bond donors (Lipinski definition) is 1. The minimum absolute atomic E-state index is 0.00567. The van der Waals surface area contributed by atoms with E-state index in [0.717, 1.165) is 17.4 Å². The van der Waals surface area contributed by atoms with Gasteiger partial charge in [0.2, 0.25) is 5.91 Å². The highest BCUT2D eigenvalue weighted by molar-refractivity contribution is 7.92. The fourth-order valence-corrected chi connectivity index (χ4v) is 5.08.